The number of fused-ring (bicyclic) bond motifs is 1. The highest BCUT2D eigenvalue weighted by Crippen LogP contribution is 2.40. The number of nitrogens with two attached hydrogens (primary N) is 1. The van der Waals surface area contributed by atoms with Gasteiger partial charge in [0, 0.05) is 30.9 Å². The largest absolute Gasteiger partial charge is 0.454 e. The van der Waals surface area contributed by atoms with Crippen molar-refractivity contribution in [2.75, 3.05) is 32.3 Å². The van der Waals surface area contributed by atoms with Gasteiger partial charge in [0.25, 0.3) is 0 Å². The van der Waals surface area contributed by atoms with Crippen LogP contribution in [0.1, 0.15) is 24.0 Å². The van der Waals surface area contributed by atoms with Gasteiger partial charge in [-0.15, -0.1) is 0 Å². The Morgan fingerprint density at radius 1 is 1.04 bits per heavy atom. The number of hydrogen-bond donors (Lipinski definition) is 2. The summed E-state index contributed by atoms with van der Waals surface area (Å²) < 4.78 is 16.5. The minimum atomic E-state index is -0.157. The molecule has 3 N–H and O–H groups in total. The van der Waals surface area contributed by atoms with Gasteiger partial charge >= 0.3 is 0 Å². The highest BCUT2D eigenvalue weighted by molar-refractivity contribution is 5.78. The Balaban J connectivity index is 1.47. The summed E-state index contributed by atoms with van der Waals surface area (Å²) in [5.41, 5.74) is 8.35. The fourth-order valence-corrected chi connectivity index (χ4v) is 3.71. The van der Waals surface area contributed by atoms with Gasteiger partial charge in [-0.2, -0.15) is 0 Å². The van der Waals surface area contributed by atoms with Gasteiger partial charge in [-0.3, -0.25) is 4.79 Å². The molecule has 1 fully saturated rings. The van der Waals surface area contributed by atoms with Crippen LogP contribution in [0, 0.1) is 0 Å². The molecule has 0 saturated carbocycles. The van der Waals surface area contributed by atoms with Gasteiger partial charge in [-0.1, -0.05) is 18.2 Å². The van der Waals surface area contributed by atoms with Crippen LogP contribution < -0.4 is 20.5 Å². The van der Waals surface area contributed by atoms with E-state index in [0.717, 1.165) is 35.5 Å². The molecule has 142 valence electrons. The highest BCUT2D eigenvalue weighted by atomic mass is 16.7. The van der Waals surface area contributed by atoms with Crippen LogP contribution in [0.2, 0.25) is 0 Å². The highest BCUT2D eigenvalue weighted by Gasteiger charge is 2.36. The molecule has 0 unspecified atom stereocenters. The molecule has 2 heterocycles. The van der Waals surface area contributed by atoms with E-state index >= 15 is 0 Å². The van der Waals surface area contributed by atoms with E-state index in [-0.39, 0.29) is 18.1 Å². The molecular weight excluding hydrogens is 344 g/mol. The number of rotatable bonds is 5. The van der Waals surface area contributed by atoms with Gasteiger partial charge in [0.2, 0.25) is 12.7 Å². The quantitative estimate of drug-likeness (QED) is 0.792. The van der Waals surface area contributed by atoms with Crippen LogP contribution >= 0.6 is 0 Å². The number of amides is 1. The number of carbonyl (C=O) groups is 1. The van der Waals surface area contributed by atoms with E-state index in [2.05, 4.69) is 11.4 Å². The monoisotopic (exact) mass is 368 g/mol. The molecule has 6 heteroatoms. The first kappa shape index (κ1) is 17.7. The minimum absolute atomic E-state index is 0.00591. The van der Waals surface area contributed by atoms with Crippen LogP contribution in [-0.2, 0) is 21.4 Å². The topological polar surface area (TPSA) is 82.8 Å². The van der Waals surface area contributed by atoms with Crippen molar-refractivity contribution in [1.82, 2.24) is 5.32 Å². The molecule has 2 aromatic carbocycles. The fourth-order valence-electron chi connectivity index (χ4n) is 3.71. The lowest BCUT2D eigenvalue weighted by molar-refractivity contribution is -0.120. The van der Waals surface area contributed by atoms with Crippen molar-refractivity contribution in [1.29, 1.82) is 0 Å². The first-order valence-corrected chi connectivity index (χ1v) is 9.24. The van der Waals surface area contributed by atoms with Crippen molar-refractivity contribution in [3.8, 4) is 11.5 Å². The van der Waals surface area contributed by atoms with Crippen molar-refractivity contribution in [2.24, 2.45) is 0 Å². The maximum Gasteiger partial charge on any atom is 0.231 e. The Morgan fingerprint density at radius 3 is 2.56 bits per heavy atom. The molecule has 0 atom stereocenters. The van der Waals surface area contributed by atoms with Gasteiger partial charge < -0.3 is 25.3 Å². The molecule has 0 spiro atoms. The molecule has 4 rings (SSSR count). The smallest absolute Gasteiger partial charge is 0.231 e. The summed E-state index contributed by atoms with van der Waals surface area (Å²) in [5, 5.41) is 3.12. The second kappa shape index (κ2) is 7.48. The SMILES string of the molecule is Nc1ccc(CC(=O)NCC2(c3ccc4c(c3)OCO4)CCOCC2)cc1. The number of anilines is 1. The standard InChI is InChI=1S/C21H24N2O4/c22-17-4-1-15(2-5-17)11-20(24)23-13-21(7-9-25-10-8-21)16-3-6-18-19(12-16)27-14-26-18/h1-6,12H,7-11,13-14,22H2,(H,23,24). The third kappa shape index (κ3) is 3.85. The summed E-state index contributed by atoms with van der Waals surface area (Å²) >= 11 is 0. The number of nitrogens with one attached hydrogen (secondary N) is 1. The average molecular weight is 368 g/mol. The van der Waals surface area contributed by atoms with E-state index in [1.54, 1.807) is 0 Å². The zero-order valence-electron chi connectivity index (χ0n) is 15.2. The lowest BCUT2D eigenvalue weighted by Crippen LogP contribution is -2.45. The molecule has 2 aliphatic heterocycles. The molecule has 1 amide bonds. The zero-order valence-corrected chi connectivity index (χ0v) is 15.2. The first-order chi connectivity index (χ1) is 13.1. The predicted molar refractivity (Wildman–Crippen MR) is 102 cm³/mol. The molecule has 2 aliphatic rings. The molecule has 0 aromatic heterocycles. The average Bonchev–Trinajstić information content (AvgIpc) is 3.17. The van der Waals surface area contributed by atoms with E-state index in [4.69, 9.17) is 19.9 Å². The van der Waals surface area contributed by atoms with Crippen LogP contribution in [0.4, 0.5) is 5.69 Å². The summed E-state index contributed by atoms with van der Waals surface area (Å²) in [4.78, 5) is 12.5. The van der Waals surface area contributed by atoms with Crippen molar-refractivity contribution < 1.29 is 19.0 Å². The van der Waals surface area contributed by atoms with Gasteiger partial charge in [0.15, 0.2) is 11.5 Å². The predicted octanol–water partition coefficient (Wildman–Crippen LogP) is 2.40. The van der Waals surface area contributed by atoms with Gasteiger partial charge in [-0.25, -0.2) is 0 Å². The number of nitrogen functional groups attached to an aromatic ring is 1. The van der Waals surface area contributed by atoms with Crippen LogP contribution in [0.15, 0.2) is 42.5 Å². The van der Waals surface area contributed by atoms with E-state index in [1.807, 2.05) is 36.4 Å². The summed E-state index contributed by atoms with van der Waals surface area (Å²) in [7, 11) is 0. The third-order valence-corrected chi connectivity index (χ3v) is 5.40. The molecule has 27 heavy (non-hydrogen) atoms. The molecular formula is C21H24N2O4. The number of benzene rings is 2. The Labute approximate surface area is 158 Å². The van der Waals surface area contributed by atoms with E-state index in [1.165, 1.54) is 0 Å². The van der Waals surface area contributed by atoms with Crippen molar-refractivity contribution in [2.45, 2.75) is 24.7 Å². The third-order valence-electron chi connectivity index (χ3n) is 5.40. The molecule has 6 nitrogen and oxygen atoms in total. The normalized spacial score (nSPS) is 17.5. The Hall–Kier alpha value is -2.73. The number of ether oxygens (including phenoxy) is 3. The van der Waals surface area contributed by atoms with Gasteiger partial charge in [0.1, 0.15) is 0 Å². The Kier molecular flexibility index (Phi) is 4.90. The van der Waals surface area contributed by atoms with Crippen LogP contribution in [0.3, 0.4) is 0 Å². The minimum Gasteiger partial charge on any atom is -0.454 e. The van der Waals surface area contributed by atoms with Crippen molar-refractivity contribution >= 4 is 11.6 Å². The maximum absolute atomic E-state index is 12.5. The van der Waals surface area contributed by atoms with Crippen molar-refractivity contribution in [3.05, 3.63) is 53.6 Å². The second-order valence-electron chi connectivity index (χ2n) is 7.16. The molecule has 1 saturated heterocycles. The van der Waals surface area contributed by atoms with Gasteiger partial charge in [0.05, 0.1) is 6.42 Å². The summed E-state index contributed by atoms with van der Waals surface area (Å²) in [5.74, 6) is 1.55. The van der Waals surface area contributed by atoms with Crippen LogP contribution in [0.25, 0.3) is 0 Å². The maximum atomic E-state index is 12.5. The zero-order chi connectivity index (χ0) is 18.7. The summed E-state index contributed by atoms with van der Waals surface area (Å²) in [6.07, 6.45) is 2.05. The lowest BCUT2D eigenvalue weighted by atomic mass is 9.74. The molecule has 0 bridgehead atoms. The van der Waals surface area contributed by atoms with E-state index in [0.29, 0.717) is 31.9 Å². The summed E-state index contributed by atoms with van der Waals surface area (Å²) in [6, 6.07) is 13.5. The molecule has 0 aliphatic carbocycles. The molecule has 2 aromatic rings. The van der Waals surface area contributed by atoms with Crippen LogP contribution in [0.5, 0.6) is 11.5 Å². The number of carbonyl (C=O) groups excluding carboxylic acids is 1. The first-order valence-electron chi connectivity index (χ1n) is 9.24. The van der Waals surface area contributed by atoms with Crippen molar-refractivity contribution in [3.63, 3.8) is 0 Å². The lowest BCUT2D eigenvalue weighted by Gasteiger charge is -2.38. The van der Waals surface area contributed by atoms with Crippen LogP contribution in [-0.4, -0.2) is 32.5 Å². The fraction of sp³-hybridized carbons (Fsp3) is 0.381. The van der Waals surface area contributed by atoms with E-state index in [9.17, 15) is 4.79 Å². The Bertz CT molecular complexity index is 813. The summed E-state index contributed by atoms with van der Waals surface area (Å²) in [6.45, 7) is 2.20. The molecule has 0 radical (unpaired) electrons. The van der Waals surface area contributed by atoms with Gasteiger partial charge in [-0.05, 0) is 48.2 Å². The number of hydrogen-bond acceptors (Lipinski definition) is 5. The second-order valence-corrected chi connectivity index (χ2v) is 7.16. The van der Waals surface area contributed by atoms with E-state index < -0.39 is 0 Å². The Morgan fingerprint density at radius 2 is 1.78 bits per heavy atom.